The Balaban J connectivity index is 2.73. The van der Waals surface area contributed by atoms with Crippen LogP contribution in [0.4, 0.5) is 0 Å². The van der Waals surface area contributed by atoms with Crippen LogP contribution in [-0.4, -0.2) is 30.2 Å². The summed E-state index contributed by atoms with van der Waals surface area (Å²) in [6.45, 7) is 8.03. The molecule has 1 unspecified atom stereocenters. The van der Waals surface area contributed by atoms with Gasteiger partial charge in [0.1, 0.15) is 6.07 Å². The average Bonchev–Trinajstić information content (AvgIpc) is 2.14. The number of nitriles is 1. The molecule has 1 heterocycles. The van der Waals surface area contributed by atoms with E-state index in [0.717, 1.165) is 0 Å². The van der Waals surface area contributed by atoms with Crippen LogP contribution in [0.25, 0.3) is 0 Å². The molecule has 16 heavy (non-hydrogen) atoms. The summed E-state index contributed by atoms with van der Waals surface area (Å²) in [4.78, 5) is 8.41. The maximum Gasteiger partial charge on any atom is 0.211 e. The summed E-state index contributed by atoms with van der Waals surface area (Å²) in [7, 11) is 0. The average molecular weight is 222 g/mol. The van der Waals surface area contributed by atoms with E-state index in [4.69, 9.17) is 5.26 Å². The van der Waals surface area contributed by atoms with Gasteiger partial charge in [-0.1, -0.05) is 0 Å². The third-order valence-electron chi connectivity index (χ3n) is 1.75. The predicted octanol–water partition coefficient (Wildman–Crippen LogP) is 0.147. The van der Waals surface area contributed by atoms with Gasteiger partial charge in [-0.2, -0.15) is 5.26 Å². The van der Waals surface area contributed by atoms with E-state index in [1.54, 1.807) is 0 Å². The Kier molecular flexibility index (Phi) is 4.26. The van der Waals surface area contributed by atoms with Gasteiger partial charge in [0.25, 0.3) is 0 Å². The van der Waals surface area contributed by atoms with Crippen LogP contribution in [0.5, 0.6) is 0 Å². The molecule has 0 fully saturated rings. The predicted molar refractivity (Wildman–Crippen MR) is 64.0 cm³/mol. The number of guanidine groups is 1. The van der Waals surface area contributed by atoms with Gasteiger partial charge in [0, 0.05) is 12.1 Å². The zero-order valence-electron chi connectivity index (χ0n) is 10.1. The summed E-state index contributed by atoms with van der Waals surface area (Å²) < 4.78 is 0. The highest BCUT2D eigenvalue weighted by atomic mass is 15.3. The first-order valence-electron chi connectivity index (χ1n) is 5.36. The standard InChI is InChI=1S/C10H18N6/c1-6(2)12-9-14-8(5-11)15-10(16-9)13-7(3)4/h6-7,9,12H,1-4H3,(H2,13,14,15,16). The molecule has 0 bridgehead atoms. The van der Waals surface area contributed by atoms with Gasteiger partial charge in [-0.3, -0.25) is 5.32 Å². The van der Waals surface area contributed by atoms with E-state index in [9.17, 15) is 0 Å². The van der Waals surface area contributed by atoms with Crippen LogP contribution >= 0.6 is 0 Å². The van der Waals surface area contributed by atoms with E-state index in [1.807, 2.05) is 33.8 Å². The minimum absolute atomic E-state index is 0.254. The molecular weight excluding hydrogens is 204 g/mol. The first-order valence-corrected chi connectivity index (χ1v) is 5.36. The zero-order chi connectivity index (χ0) is 12.1. The lowest BCUT2D eigenvalue weighted by atomic mass is 10.4. The lowest BCUT2D eigenvalue weighted by Crippen LogP contribution is -2.49. The van der Waals surface area contributed by atoms with Crippen molar-refractivity contribution in [3.63, 3.8) is 0 Å². The molecule has 1 aliphatic rings. The van der Waals surface area contributed by atoms with Crippen LogP contribution in [0.2, 0.25) is 0 Å². The van der Waals surface area contributed by atoms with Gasteiger partial charge in [0.05, 0.1) is 0 Å². The Morgan fingerprint density at radius 1 is 1.25 bits per heavy atom. The maximum absolute atomic E-state index is 8.84. The molecule has 3 N–H and O–H groups in total. The molecule has 0 aromatic rings. The van der Waals surface area contributed by atoms with Crippen molar-refractivity contribution in [1.82, 2.24) is 16.0 Å². The molecule has 0 aromatic heterocycles. The van der Waals surface area contributed by atoms with E-state index in [-0.39, 0.29) is 17.9 Å². The molecule has 6 nitrogen and oxygen atoms in total. The van der Waals surface area contributed by atoms with Crippen molar-refractivity contribution in [2.75, 3.05) is 0 Å². The van der Waals surface area contributed by atoms with Crippen molar-refractivity contribution in [3.05, 3.63) is 0 Å². The van der Waals surface area contributed by atoms with Gasteiger partial charge in [-0.15, -0.1) is 0 Å². The molecule has 0 radical (unpaired) electrons. The number of nitrogens with one attached hydrogen (secondary N) is 3. The SMILES string of the molecule is CC(C)NC1=NC(NC(C)C)N=C(C#N)N1. The zero-order valence-corrected chi connectivity index (χ0v) is 10.1. The minimum atomic E-state index is -0.392. The molecule has 6 heteroatoms. The van der Waals surface area contributed by atoms with Crippen molar-refractivity contribution in [2.24, 2.45) is 9.98 Å². The summed E-state index contributed by atoms with van der Waals surface area (Å²) in [5.74, 6) is 0.857. The topological polar surface area (TPSA) is 84.6 Å². The molecule has 0 spiro atoms. The summed E-state index contributed by atoms with van der Waals surface area (Å²) >= 11 is 0. The Labute approximate surface area is 95.9 Å². The molecule has 0 saturated heterocycles. The highest BCUT2D eigenvalue weighted by Gasteiger charge is 2.16. The van der Waals surface area contributed by atoms with Gasteiger partial charge in [-0.05, 0) is 27.7 Å². The molecule has 0 aromatic carbocycles. The Morgan fingerprint density at radius 3 is 2.44 bits per heavy atom. The number of hydrogen-bond donors (Lipinski definition) is 3. The molecule has 1 aliphatic heterocycles. The number of amidine groups is 1. The second-order valence-electron chi connectivity index (χ2n) is 4.19. The second-order valence-corrected chi connectivity index (χ2v) is 4.19. The third-order valence-corrected chi connectivity index (χ3v) is 1.75. The summed E-state index contributed by atoms with van der Waals surface area (Å²) in [6, 6.07) is 2.50. The van der Waals surface area contributed by atoms with Gasteiger partial charge in [-0.25, -0.2) is 9.98 Å². The summed E-state index contributed by atoms with van der Waals surface area (Å²) in [6.07, 6.45) is -0.392. The van der Waals surface area contributed by atoms with Crippen LogP contribution in [0.1, 0.15) is 27.7 Å². The fourth-order valence-electron chi connectivity index (χ4n) is 1.23. The van der Waals surface area contributed by atoms with Crippen LogP contribution in [0.15, 0.2) is 9.98 Å². The van der Waals surface area contributed by atoms with Crippen molar-refractivity contribution in [2.45, 2.75) is 46.1 Å². The largest absolute Gasteiger partial charge is 0.354 e. The van der Waals surface area contributed by atoms with E-state index in [1.165, 1.54) is 0 Å². The first-order chi connectivity index (χ1) is 7.51. The normalized spacial score (nSPS) is 19.9. The van der Waals surface area contributed by atoms with Crippen molar-refractivity contribution in [3.8, 4) is 6.07 Å². The number of hydrogen-bond acceptors (Lipinski definition) is 6. The van der Waals surface area contributed by atoms with Gasteiger partial charge < -0.3 is 10.6 Å². The molecule has 0 saturated carbocycles. The van der Waals surface area contributed by atoms with Crippen LogP contribution < -0.4 is 16.0 Å². The monoisotopic (exact) mass is 222 g/mol. The summed E-state index contributed by atoms with van der Waals surface area (Å²) in [5.41, 5.74) is 0. The van der Waals surface area contributed by atoms with Crippen molar-refractivity contribution >= 4 is 11.8 Å². The fraction of sp³-hybridized carbons (Fsp3) is 0.700. The summed E-state index contributed by atoms with van der Waals surface area (Å²) in [5, 5.41) is 17.9. The number of rotatable bonds is 3. The van der Waals surface area contributed by atoms with Crippen LogP contribution in [0, 0.1) is 11.3 Å². The van der Waals surface area contributed by atoms with Gasteiger partial charge >= 0.3 is 0 Å². The van der Waals surface area contributed by atoms with Crippen LogP contribution in [0.3, 0.4) is 0 Å². The van der Waals surface area contributed by atoms with E-state index >= 15 is 0 Å². The highest BCUT2D eigenvalue weighted by Crippen LogP contribution is 1.98. The van der Waals surface area contributed by atoms with Crippen molar-refractivity contribution in [1.29, 1.82) is 5.26 Å². The smallest absolute Gasteiger partial charge is 0.211 e. The fourth-order valence-corrected chi connectivity index (χ4v) is 1.23. The van der Waals surface area contributed by atoms with E-state index in [2.05, 4.69) is 25.9 Å². The lowest BCUT2D eigenvalue weighted by molar-refractivity contribution is 0.482. The third kappa shape index (κ3) is 3.87. The Bertz CT molecular complexity index is 336. The number of aliphatic imine (C=N–C) groups is 2. The van der Waals surface area contributed by atoms with E-state index in [0.29, 0.717) is 5.96 Å². The minimum Gasteiger partial charge on any atom is -0.354 e. The number of nitrogens with zero attached hydrogens (tertiary/aromatic N) is 3. The van der Waals surface area contributed by atoms with Gasteiger partial charge in [0.2, 0.25) is 18.1 Å². The Morgan fingerprint density at radius 2 is 1.94 bits per heavy atom. The molecule has 0 aliphatic carbocycles. The molecule has 1 atom stereocenters. The lowest BCUT2D eigenvalue weighted by Gasteiger charge is -2.22. The van der Waals surface area contributed by atoms with Gasteiger partial charge in [0.15, 0.2) is 0 Å². The highest BCUT2D eigenvalue weighted by molar-refractivity contribution is 6.08. The Hall–Kier alpha value is -1.61. The van der Waals surface area contributed by atoms with Crippen LogP contribution in [-0.2, 0) is 0 Å². The van der Waals surface area contributed by atoms with E-state index < -0.39 is 6.29 Å². The molecule has 0 amide bonds. The van der Waals surface area contributed by atoms with Crippen molar-refractivity contribution < 1.29 is 0 Å². The molecular formula is C10H18N6. The maximum atomic E-state index is 8.84. The molecule has 88 valence electrons. The quantitative estimate of drug-likeness (QED) is 0.634. The second kappa shape index (κ2) is 5.47. The molecule has 1 rings (SSSR count). The first kappa shape index (κ1) is 12.5.